The number of aromatic nitrogens is 2. The number of hydrogen-bond acceptors (Lipinski definition) is 4. The molecule has 0 saturated carbocycles. The summed E-state index contributed by atoms with van der Waals surface area (Å²) in [5.74, 6) is 0.219. The molecule has 0 radical (unpaired) electrons. The van der Waals surface area contributed by atoms with Gasteiger partial charge < -0.3 is 9.64 Å². The van der Waals surface area contributed by atoms with Crippen molar-refractivity contribution in [2.75, 3.05) is 19.1 Å². The van der Waals surface area contributed by atoms with Crippen LogP contribution < -0.4 is 15.2 Å². The Hall–Kier alpha value is -2.89. The molecule has 23 heavy (non-hydrogen) atoms. The van der Waals surface area contributed by atoms with Crippen LogP contribution in [0.3, 0.4) is 0 Å². The zero-order valence-corrected chi connectivity index (χ0v) is 12.8. The Kier molecular flexibility index (Phi) is 3.97. The van der Waals surface area contributed by atoms with Crippen molar-refractivity contribution in [2.45, 2.75) is 6.54 Å². The number of ether oxygens (including phenoxy) is 1. The van der Waals surface area contributed by atoms with Crippen molar-refractivity contribution in [3.05, 3.63) is 64.2 Å². The minimum absolute atomic E-state index is 0.196. The molecular weight excluding hydrogens is 297 g/mol. The number of H-pyrrole nitrogens is 1. The van der Waals surface area contributed by atoms with E-state index in [-0.39, 0.29) is 11.3 Å². The fourth-order valence-corrected chi connectivity index (χ4v) is 2.41. The van der Waals surface area contributed by atoms with Gasteiger partial charge in [-0.25, -0.2) is 9.37 Å². The van der Waals surface area contributed by atoms with Crippen LogP contribution in [0.15, 0.2) is 47.3 Å². The minimum Gasteiger partial charge on any atom is -0.494 e. The van der Waals surface area contributed by atoms with Gasteiger partial charge in [-0.2, -0.15) is 0 Å². The smallest absolute Gasteiger partial charge is 0.260 e. The number of nitrogens with one attached hydrogen (secondary N) is 1. The fourth-order valence-electron chi connectivity index (χ4n) is 2.41. The molecule has 0 spiro atoms. The van der Waals surface area contributed by atoms with Gasteiger partial charge in [-0.15, -0.1) is 0 Å². The highest BCUT2D eigenvalue weighted by atomic mass is 19.1. The Balaban J connectivity index is 1.90. The lowest BCUT2D eigenvalue weighted by atomic mass is 10.2. The maximum atomic E-state index is 13.8. The zero-order chi connectivity index (χ0) is 16.4. The average Bonchev–Trinajstić information content (AvgIpc) is 2.55. The molecule has 0 saturated heterocycles. The summed E-state index contributed by atoms with van der Waals surface area (Å²) >= 11 is 0. The molecule has 3 aromatic rings. The van der Waals surface area contributed by atoms with Crippen LogP contribution in [0.25, 0.3) is 10.9 Å². The van der Waals surface area contributed by atoms with E-state index < -0.39 is 5.82 Å². The number of aromatic amines is 1. The van der Waals surface area contributed by atoms with Crippen molar-refractivity contribution in [3.8, 4) is 5.75 Å². The zero-order valence-electron chi connectivity index (χ0n) is 12.8. The van der Waals surface area contributed by atoms with Gasteiger partial charge in [0.2, 0.25) is 5.95 Å². The first-order chi connectivity index (χ1) is 11.1. The van der Waals surface area contributed by atoms with E-state index in [1.165, 1.54) is 13.2 Å². The molecule has 118 valence electrons. The standard InChI is InChI=1S/C17H16FN3O2/c1-21(10-11-7-8-15(23-2)13(18)9-11)17-19-14-6-4-3-5-12(14)16(22)20-17/h3-9H,10H2,1-2H3,(H,19,20,22). The second-order valence-electron chi connectivity index (χ2n) is 5.23. The molecule has 5 nitrogen and oxygen atoms in total. The third-order valence-corrected chi connectivity index (χ3v) is 3.60. The molecule has 0 bridgehead atoms. The first-order valence-corrected chi connectivity index (χ1v) is 7.11. The first kappa shape index (κ1) is 15.0. The second kappa shape index (κ2) is 6.08. The summed E-state index contributed by atoms with van der Waals surface area (Å²) < 4.78 is 18.7. The Morgan fingerprint density at radius 2 is 2.04 bits per heavy atom. The van der Waals surface area contributed by atoms with Crippen LogP contribution in [0, 0.1) is 5.82 Å². The maximum absolute atomic E-state index is 13.8. The summed E-state index contributed by atoms with van der Waals surface area (Å²) in [6.07, 6.45) is 0. The van der Waals surface area contributed by atoms with E-state index in [0.29, 0.717) is 23.4 Å². The van der Waals surface area contributed by atoms with Gasteiger partial charge in [0, 0.05) is 13.6 Å². The van der Waals surface area contributed by atoms with E-state index in [1.54, 1.807) is 42.3 Å². The molecule has 2 aromatic carbocycles. The number of benzene rings is 2. The lowest BCUT2D eigenvalue weighted by molar-refractivity contribution is 0.386. The van der Waals surface area contributed by atoms with E-state index in [9.17, 15) is 9.18 Å². The van der Waals surface area contributed by atoms with Gasteiger partial charge in [-0.05, 0) is 29.8 Å². The van der Waals surface area contributed by atoms with Gasteiger partial charge >= 0.3 is 0 Å². The summed E-state index contributed by atoms with van der Waals surface area (Å²) in [7, 11) is 3.21. The van der Waals surface area contributed by atoms with Crippen LogP contribution in [-0.2, 0) is 6.54 Å². The van der Waals surface area contributed by atoms with Gasteiger partial charge in [-0.1, -0.05) is 18.2 Å². The number of methoxy groups -OCH3 is 1. The normalized spacial score (nSPS) is 10.7. The van der Waals surface area contributed by atoms with Crippen LogP contribution in [0.4, 0.5) is 10.3 Å². The summed E-state index contributed by atoms with van der Waals surface area (Å²) in [6.45, 7) is 0.405. The number of anilines is 1. The third kappa shape index (κ3) is 3.01. The van der Waals surface area contributed by atoms with Crippen molar-refractivity contribution in [1.29, 1.82) is 0 Å². The molecule has 0 aliphatic rings. The molecule has 0 fully saturated rings. The number of halogens is 1. The van der Waals surface area contributed by atoms with Crippen molar-refractivity contribution in [3.63, 3.8) is 0 Å². The number of fused-ring (bicyclic) bond motifs is 1. The molecular formula is C17H16FN3O2. The largest absolute Gasteiger partial charge is 0.494 e. The highest BCUT2D eigenvalue weighted by molar-refractivity contribution is 5.78. The Bertz CT molecular complexity index is 908. The molecule has 1 aromatic heterocycles. The molecule has 1 heterocycles. The second-order valence-corrected chi connectivity index (χ2v) is 5.23. The molecule has 0 atom stereocenters. The van der Waals surface area contributed by atoms with E-state index >= 15 is 0 Å². The molecule has 3 rings (SSSR count). The van der Waals surface area contributed by atoms with E-state index in [2.05, 4.69) is 9.97 Å². The quantitative estimate of drug-likeness (QED) is 0.804. The number of nitrogens with zero attached hydrogens (tertiary/aromatic N) is 2. The Labute approximate surface area is 132 Å². The van der Waals surface area contributed by atoms with Crippen molar-refractivity contribution >= 4 is 16.9 Å². The average molecular weight is 313 g/mol. The predicted octanol–water partition coefficient (Wildman–Crippen LogP) is 2.71. The van der Waals surface area contributed by atoms with Crippen molar-refractivity contribution in [2.24, 2.45) is 0 Å². The Morgan fingerprint density at radius 1 is 1.26 bits per heavy atom. The Morgan fingerprint density at radius 3 is 2.78 bits per heavy atom. The van der Waals surface area contributed by atoms with Crippen LogP contribution in [0.2, 0.25) is 0 Å². The van der Waals surface area contributed by atoms with E-state index in [0.717, 1.165) is 5.56 Å². The monoisotopic (exact) mass is 313 g/mol. The number of hydrogen-bond donors (Lipinski definition) is 1. The van der Waals surface area contributed by atoms with Crippen LogP contribution >= 0.6 is 0 Å². The van der Waals surface area contributed by atoms with E-state index in [4.69, 9.17) is 4.74 Å². The molecule has 0 amide bonds. The third-order valence-electron chi connectivity index (χ3n) is 3.60. The highest BCUT2D eigenvalue weighted by Crippen LogP contribution is 2.19. The lowest BCUT2D eigenvalue weighted by Gasteiger charge is -2.18. The van der Waals surface area contributed by atoms with Crippen LogP contribution in [-0.4, -0.2) is 24.1 Å². The fraction of sp³-hybridized carbons (Fsp3) is 0.176. The van der Waals surface area contributed by atoms with Gasteiger partial charge in [0.1, 0.15) is 0 Å². The molecule has 0 aliphatic heterocycles. The van der Waals surface area contributed by atoms with Crippen molar-refractivity contribution < 1.29 is 9.13 Å². The molecule has 6 heteroatoms. The predicted molar refractivity (Wildman–Crippen MR) is 87.4 cm³/mol. The highest BCUT2D eigenvalue weighted by Gasteiger charge is 2.10. The summed E-state index contributed by atoms with van der Waals surface area (Å²) in [6, 6.07) is 11.9. The molecule has 1 N–H and O–H groups in total. The number of para-hydroxylation sites is 1. The van der Waals surface area contributed by atoms with E-state index in [1.807, 2.05) is 6.07 Å². The SMILES string of the molecule is COc1ccc(CN(C)c2nc3ccccc3c(=O)[nH]2)cc1F. The van der Waals surface area contributed by atoms with Gasteiger partial charge in [-0.3, -0.25) is 9.78 Å². The van der Waals surface area contributed by atoms with Crippen LogP contribution in [0.5, 0.6) is 5.75 Å². The first-order valence-electron chi connectivity index (χ1n) is 7.11. The van der Waals surface area contributed by atoms with Gasteiger partial charge in [0.25, 0.3) is 5.56 Å². The minimum atomic E-state index is -0.418. The number of rotatable bonds is 4. The van der Waals surface area contributed by atoms with Crippen molar-refractivity contribution in [1.82, 2.24) is 9.97 Å². The maximum Gasteiger partial charge on any atom is 0.260 e. The van der Waals surface area contributed by atoms with Gasteiger partial charge in [0.15, 0.2) is 11.6 Å². The summed E-state index contributed by atoms with van der Waals surface area (Å²) in [5, 5.41) is 0.542. The summed E-state index contributed by atoms with van der Waals surface area (Å²) in [5.41, 5.74) is 1.18. The van der Waals surface area contributed by atoms with Crippen LogP contribution in [0.1, 0.15) is 5.56 Å². The lowest BCUT2D eigenvalue weighted by Crippen LogP contribution is -2.22. The van der Waals surface area contributed by atoms with Gasteiger partial charge in [0.05, 0.1) is 18.0 Å². The topological polar surface area (TPSA) is 58.2 Å². The summed E-state index contributed by atoms with van der Waals surface area (Å²) in [4.78, 5) is 21.0. The molecule has 0 unspecified atom stereocenters. The molecule has 0 aliphatic carbocycles.